The van der Waals surface area contributed by atoms with Crippen LogP contribution in [0.15, 0.2) is 0 Å². The summed E-state index contributed by atoms with van der Waals surface area (Å²) in [6, 6.07) is 0. The summed E-state index contributed by atoms with van der Waals surface area (Å²) in [6.45, 7) is 8.73. The zero-order valence-corrected chi connectivity index (χ0v) is 7.98. The third-order valence-corrected chi connectivity index (χ3v) is 2.30. The molecule has 1 aliphatic rings. The minimum Gasteiger partial charge on any atom is -0.0683 e. The largest absolute Gasteiger partial charge is 0.0683 e. The maximum absolute atomic E-state index is 2.37. The summed E-state index contributed by atoms with van der Waals surface area (Å²) in [4.78, 5) is 0. The molecule has 0 bridgehead atoms. The molecule has 1 aliphatic carbocycles. The topological polar surface area (TPSA) is 0 Å². The Balaban J connectivity index is 0. The van der Waals surface area contributed by atoms with Gasteiger partial charge in [-0.15, -0.1) is 0 Å². The monoisotopic (exact) mass is 144 g/mol. The van der Waals surface area contributed by atoms with E-state index in [-0.39, 0.29) is 1.43 Å². The first-order chi connectivity index (χ1) is 4.79. The number of hydrogen-bond donors (Lipinski definition) is 0. The van der Waals surface area contributed by atoms with Crippen molar-refractivity contribution in [3.05, 3.63) is 0 Å². The predicted molar refractivity (Wildman–Crippen MR) is 50.3 cm³/mol. The van der Waals surface area contributed by atoms with Gasteiger partial charge in [-0.1, -0.05) is 53.4 Å². The van der Waals surface area contributed by atoms with E-state index in [9.17, 15) is 0 Å². The molecule has 0 N–H and O–H groups in total. The Kier molecular flexibility index (Phi) is 5.76. The fourth-order valence-corrected chi connectivity index (χ4v) is 1.43. The van der Waals surface area contributed by atoms with Crippen LogP contribution in [0.25, 0.3) is 0 Å². The summed E-state index contributed by atoms with van der Waals surface area (Å²) < 4.78 is 0. The molecule has 0 heterocycles. The van der Waals surface area contributed by atoms with Gasteiger partial charge in [-0.3, -0.25) is 0 Å². The molecule has 1 rings (SSSR count). The van der Waals surface area contributed by atoms with Gasteiger partial charge in [-0.2, -0.15) is 0 Å². The van der Waals surface area contributed by atoms with Crippen LogP contribution in [-0.4, -0.2) is 0 Å². The molecule has 0 heteroatoms. The van der Waals surface area contributed by atoms with E-state index in [1.54, 1.807) is 0 Å². The molecule has 0 radical (unpaired) electrons. The summed E-state index contributed by atoms with van der Waals surface area (Å²) in [5.74, 6) is 2.04. The first-order valence-corrected chi connectivity index (χ1v) is 4.79. The average Bonchev–Trinajstić information content (AvgIpc) is 2.00. The molecule has 10 heavy (non-hydrogen) atoms. The first kappa shape index (κ1) is 10.0. The molecule has 1 saturated carbocycles. The predicted octanol–water partition coefficient (Wildman–Crippen LogP) is 4.10. The minimum absolute atomic E-state index is 0. The lowest BCUT2D eigenvalue weighted by atomic mass is 9.84. The van der Waals surface area contributed by atoms with E-state index in [1.807, 2.05) is 13.8 Å². The Hall–Kier alpha value is 0. The molecule has 64 valence electrons. The van der Waals surface area contributed by atoms with Crippen LogP contribution < -0.4 is 0 Å². The van der Waals surface area contributed by atoms with Crippen LogP contribution in [0.3, 0.4) is 0 Å². The van der Waals surface area contributed by atoms with E-state index in [2.05, 4.69) is 13.8 Å². The van der Waals surface area contributed by atoms with Gasteiger partial charge in [0.15, 0.2) is 0 Å². The third kappa shape index (κ3) is 3.92. The van der Waals surface area contributed by atoms with Gasteiger partial charge in [-0.25, -0.2) is 0 Å². The first-order valence-electron chi connectivity index (χ1n) is 4.79. The molecule has 0 atom stereocenters. The van der Waals surface area contributed by atoms with Crippen molar-refractivity contribution in [2.45, 2.75) is 53.4 Å². The molecule has 0 aromatic carbocycles. The van der Waals surface area contributed by atoms with Gasteiger partial charge in [0.2, 0.25) is 0 Å². The third-order valence-electron chi connectivity index (χ3n) is 2.30. The van der Waals surface area contributed by atoms with E-state index < -0.39 is 0 Å². The summed E-state index contributed by atoms with van der Waals surface area (Å²) in [5, 5.41) is 0. The second-order valence-electron chi connectivity index (χ2n) is 3.37. The van der Waals surface area contributed by atoms with Crippen molar-refractivity contribution in [1.82, 2.24) is 0 Å². The van der Waals surface area contributed by atoms with Crippen LogP contribution in [0.5, 0.6) is 0 Å². The van der Waals surface area contributed by atoms with Crippen LogP contribution in [0.1, 0.15) is 54.8 Å². The van der Waals surface area contributed by atoms with E-state index in [0.29, 0.717) is 0 Å². The summed E-state index contributed by atoms with van der Waals surface area (Å²) in [5.41, 5.74) is 0. The molecule has 0 nitrogen and oxygen atoms in total. The average molecular weight is 144 g/mol. The maximum Gasteiger partial charge on any atom is 0 e. The van der Waals surface area contributed by atoms with Crippen molar-refractivity contribution in [1.29, 1.82) is 0 Å². The minimum atomic E-state index is 0. The van der Waals surface area contributed by atoms with Crippen molar-refractivity contribution in [3.63, 3.8) is 0 Å². The van der Waals surface area contributed by atoms with Gasteiger partial charge < -0.3 is 0 Å². The van der Waals surface area contributed by atoms with Crippen LogP contribution in [0.2, 0.25) is 0 Å². The highest BCUT2D eigenvalue weighted by Gasteiger charge is 2.13. The van der Waals surface area contributed by atoms with E-state index in [0.717, 1.165) is 11.8 Å². The lowest BCUT2D eigenvalue weighted by Crippen LogP contribution is -2.08. The molecule has 0 aromatic rings. The lowest BCUT2D eigenvalue weighted by Gasteiger charge is -2.22. The highest BCUT2D eigenvalue weighted by molar-refractivity contribution is 4.65. The zero-order valence-electron chi connectivity index (χ0n) is 7.98. The molecular formula is C10H24. The zero-order chi connectivity index (χ0) is 7.98. The fraction of sp³-hybridized carbons (Fsp3) is 1.00. The standard InChI is InChI=1S/C8H16.C2H6.H2/c1-7-3-5-8(2)6-4-7;1-2;/h7-8H,3-6H2,1-2H3;1-2H3;1H. The Labute approximate surface area is 67.5 Å². The summed E-state index contributed by atoms with van der Waals surface area (Å²) >= 11 is 0. The Morgan fingerprint density at radius 1 is 0.800 bits per heavy atom. The highest BCUT2D eigenvalue weighted by atomic mass is 14.2. The SMILES string of the molecule is CC.CC1CCC(C)CC1.[HH]. The molecule has 0 unspecified atom stereocenters. The lowest BCUT2D eigenvalue weighted by molar-refractivity contribution is 0.308. The fourth-order valence-electron chi connectivity index (χ4n) is 1.43. The van der Waals surface area contributed by atoms with Crippen LogP contribution in [0, 0.1) is 11.8 Å². The highest BCUT2D eigenvalue weighted by Crippen LogP contribution is 2.27. The van der Waals surface area contributed by atoms with E-state index >= 15 is 0 Å². The normalized spacial score (nSPS) is 32.4. The molecule has 0 aromatic heterocycles. The van der Waals surface area contributed by atoms with Crippen molar-refractivity contribution in [3.8, 4) is 0 Å². The summed E-state index contributed by atoms with van der Waals surface area (Å²) in [7, 11) is 0. The second-order valence-corrected chi connectivity index (χ2v) is 3.37. The number of rotatable bonds is 0. The van der Waals surface area contributed by atoms with Crippen molar-refractivity contribution < 1.29 is 1.43 Å². The molecule has 0 aliphatic heterocycles. The van der Waals surface area contributed by atoms with Gasteiger partial charge in [0.1, 0.15) is 0 Å². The molecule has 0 amide bonds. The number of hydrogen-bond acceptors (Lipinski definition) is 0. The van der Waals surface area contributed by atoms with Crippen molar-refractivity contribution in [2.24, 2.45) is 11.8 Å². The van der Waals surface area contributed by atoms with Crippen LogP contribution in [-0.2, 0) is 0 Å². The second kappa shape index (κ2) is 5.76. The molecule has 1 fully saturated rings. The van der Waals surface area contributed by atoms with Crippen LogP contribution >= 0.6 is 0 Å². The van der Waals surface area contributed by atoms with Gasteiger partial charge in [0.25, 0.3) is 0 Å². The van der Waals surface area contributed by atoms with Crippen molar-refractivity contribution >= 4 is 0 Å². The molecule has 0 spiro atoms. The van der Waals surface area contributed by atoms with Gasteiger partial charge in [0, 0.05) is 1.43 Å². The Morgan fingerprint density at radius 3 is 1.20 bits per heavy atom. The Morgan fingerprint density at radius 2 is 1.00 bits per heavy atom. The van der Waals surface area contributed by atoms with Crippen LogP contribution in [0.4, 0.5) is 0 Å². The van der Waals surface area contributed by atoms with Crippen molar-refractivity contribution in [2.75, 3.05) is 0 Å². The molecular weight excluding hydrogens is 120 g/mol. The van der Waals surface area contributed by atoms with Gasteiger partial charge in [-0.05, 0) is 11.8 Å². The molecule has 0 saturated heterocycles. The summed E-state index contributed by atoms with van der Waals surface area (Å²) in [6.07, 6.45) is 5.89. The Bertz CT molecular complexity index is 53.3. The maximum atomic E-state index is 2.37. The smallest absolute Gasteiger partial charge is 0 e. The van der Waals surface area contributed by atoms with E-state index in [1.165, 1.54) is 25.7 Å². The van der Waals surface area contributed by atoms with E-state index in [4.69, 9.17) is 0 Å². The quantitative estimate of drug-likeness (QED) is 0.480. The van der Waals surface area contributed by atoms with Gasteiger partial charge >= 0.3 is 0 Å². The van der Waals surface area contributed by atoms with Gasteiger partial charge in [0.05, 0.1) is 0 Å².